The second kappa shape index (κ2) is 10.5. The van der Waals surface area contributed by atoms with Gasteiger partial charge in [0.1, 0.15) is 9.36 Å². The number of carbonyl (C=O) groups is 3. The first-order valence-electron chi connectivity index (χ1n) is 9.75. The van der Waals surface area contributed by atoms with Crippen LogP contribution in [0, 0.1) is 0 Å². The largest absolute Gasteiger partial charge is 0.291 e. The van der Waals surface area contributed by atoms with Crippen molar-refractivity contribution in [1.82, 2.24) is 4.90 Å². The monoisotopic (exact) mass is 590 g/mol. The molecule has 1 fully saturated rings. The first-order chi connectivity index (χ1) is 16.3. The second-order valence-electron chi connectivity index (χ2n) is 7.03. The highest BCUT2D eigenvalue weighted by Gasteiger charge is 2.45. The van der Waals surface area contributed by atoms with E-state index in [1.54, 1.807) is 66.7 Å². The number of thiocarbonyl (C=S) groups is 1. The van der Waals surface area contributed by atoms with E-state index in [4.69, 9.17) is 35.4 Å². The van der Waals surface area contributed by atoms with E-state index in [1.165, 1.54) is 6.07 Å². The fraction of sp³-hybridized carbons (Fsp3) is 0.0417. The third-order valence-corrected chi connectivity index (χ3v) is 7.43. The number of thioether (sulfide) groups is 1. The summed E-state index contributed by atoms with van der Waals surface area (Å²) in [7, 11) is 0. The number of rotatable bonds is 4. The molecule has 0 bridgehead atoms. The second-order valence-corrected chi connectivity index (χ2v) is 10.4. The molecule has 1 atom stereocenters. The molecule has 0 radical (unpaired) electrons. The zero-order valence-electron chi connectivity index (χ0n) is 17.1. The summed E-state index contributed by atoms with van der Waals surface area (Å²) in [6, 6.07) is 18.3. The van der Waals surface area contributed by atoms with Crippen molar-refractivity contribution in [2.45, 2.75) is 6.04 Å². The Morgan fingerprint density at radius 2 is 1.44 bits per heavy atom. The molecule has 1 saturated heterocycles. The van der Waals surface area contributed by atoms with Crippen molar-refractivity contribution in [3.05, 3.63) is 104 Å². The maximum atomic E-state index is 13.6. The fourth-order valence-corrected chi connectivity index (χ4v) is 5.32. The van der Waals surface area contributed by atoms with Gasteiger partial charge in [0.25, 0.3) is 11.8 Å². The SMILES string of the molecule is O=C(N=C1SC(=S)N(C(=O)c2ccccc2Cl)C1C(=O)c1ccc(Br)cc1)c1ccccc1Cl. The van der Waals surface area contributed by atoms with Crippen LogP contribution in [-0.2, 0) is 0 Å². The van der Waals surface area contributed by atoms with E-state index < -0.39 is 23.6 Å². The van der Waals surface area contributed by atoms with E-state index in [-0.39, 0.29) is 30.5 Å². The minimum absolute atomic E-state index is 0.0863. The lowest BCUT2D eigenvalue weighted by Gasteiger charge is -2.23. The van der Waals surface area contributed by atoms with E-state index in [0.29, 0.717) is 5.56 Å². The first kappa shape index (κ1) is 24.8. The molecular weight excluding hydrogens is 579 g/mol. The molecule has 0 saturated carbocycles. The van der Waals surface area contributed by atoms with Crippen LogP contribution < -0.4 is 0 Å². The van der Waals surface area contributed by atoms with Crippen LogP contribution >= 0.6 is 63.1 Å². The Balaban J connectivity index is 1.80. The zero-order chi connectivity index (χ0) is 24.4. The van der Waals surface area contributed by atoms with Crippen LogP contribution in [0.25, 0.3) is 0 Å². The van der Waals surface area contributed by atoms with Gasteiger partial charge in [0.2, 0.25) is 0 Å². The number of Topliss-reactive ketones (excluding diaryl/α,β-unsaturated/α-hetero) is 1. The fourth-order valence-electron chi connectivity index (χ4n) is 3.26. The third kappa shape index (κ3) is 5.01. The van der Waals surface area contributed by atoms with Gasteiger partial charge in [0.05, 0.1) is 21.2 Å². The zero-order valence-corrected chi connectivity index (χ0v) is 21.8. The predicted molar refractivity (Wildman–Crippen MR) is 143 cm³/mol. The van der Waals surface area contributed by atoms with Crippen molar-refractivity contribution in [3.63, 3.8) is 0 Å². The maximum absolute atomic E-state index is 13.6. The molecule has 5 nitrogen and oxygen atoms in total. The highest BCUT2D eigenvalue weighted by molar-refractivity contribution is 9.10. The standard InChI is InChI=1S/C24H13BrCl2N2O3S2/c25-14-11-9-13(10-12-14)20(30)19-22(28-21(31)15-5-1-3-7-17(15)26)34-24(33)29(19)23(32)16-6-2-4-8-18(16)27/h1-12,19H. The van der Waals surface area contributed by atoms with Gasteiger partial charge >= 0.3 is 0 Å². The molecule has 34 heavy (non-hydrogen) atoms. The Labute approximate surface area is 223 Å². The molecule has 3 aromatic rings. The summed E-state index contributed by atoms with van der Waals surface area (Å²) in [4.78, 5) is 45.3. The van der Waals surface area contributed by atoms with Crippen LogP contribution in [0.1, 0.15) is 31.1 Å². The summed E-state index contributed by atoms with van der Waals surface area (Å²) < 4.78 is 0.873. The molecular formula is C24H13BrCl2N2O3S2. The number of ketones is 1. The normalized spacial score (nSPS) is 16.7. The van der Waals surface area contributed by atoms with Crippen molar-refractivity contribution >= 4 is 90.1 Å². The van der Waals surface area contributed by atoms with Crippen molar-refractivity contribution in [2.75, 3.05) is 0 Å². The summed E-state index contributed by atoms with van der Waals surface area (Å²) in [5.41, 5.74) is 0.682. The van der Waals surface area contributed by atoms with Gasteiger partial charge in [-0.3, -0.25) is 19.3 Å². The van der Waals surface area contributed by atoms with Crippen LogP contribution in [-0.4, -0.2) is 37.9 Å². The molecule has 1 unspecified atom stereocenters. The van der Waals surface area contributed by atoms with Gasteiger partial charge < -0.3 is 0 Å². The molecule has 0 aliphatic carbocycles. The molecule has 2 amide bonds. The van der Waals surface area contributed by atoms with Gasteiger partial charge in [-0.1, -0.05) is 87.7 Å². The molecule has 170 valence electrons. The van der Waals surface area contributed by atoms with Crippen LogP contribution in [0.2, 0.25) is 10.0 Å². The van der Waals surface area contributed by atoms with Crippen LogP contribution in [0.5, 0.6) is 0 Å². The van der Waals surface area contributed by atoms with Crippen LogP contribution in [0.3, 0.4) is 0 Å². The molecule has 0 N–H and O–H groups in total. The Bertz CT molecular complexity index is 1360. The van der Waals surface area contributed by atoms with Gasteiger partial charge in [0, 0.05) is 10.0 Å². The van der Waals surface area contributed by atoms with Gasteiger partial charge in [0.15, 0.2) is 11.8 Å². The maximum Gasteiger partial charge on any atom is 0.279 e. The highest BCUT2D eigenvalue weighted by Crippen LogP contribution is 2.33. The van der Waals surface area contributed by atoms with Gasteiger partial charge in [-0.05, 0) is 48.2 Å². The molecule has 4 rings (SSSR count). The molecule has 1 aliphatic rings. The molecule has 0 aromatic heterocycles. The van der Waals surface area contributed by atoms with Crippen molar-refractivity contribution in [3.8, 4) is 0 Å². The van der Waals surface area contributed by atoms with Gasteiger partial charge in [-0.25, -0.2) is 4.99 Å². The quantitative estimate of drug-likeness (QED) is 0.249. The Kier molecular flexibility index (Phi) is 7.64. The average molecular weight is 592 g/mol. The number of hydrogen-bond acceptors (Lipinski definition) is 5. The van der Waals surface area contributed by atoms with Crippen LogP contribution in [0.4, 0.5) is 0 Å². The number of carbonyl (C=O) groups excluding carboxylic acids is 3. The lowest BCUT2D eigenvalue weighted by atomic mass is 10.0. The van der Waals surface area contributed by atoms with E-state index in [1.807, 2.05) is 0 Å². The molecule has 1 aliphatic heterocycles. The van der Waals surface area contributed by atoms with E-state index in [2.05, 4.69) is 20.9 Å². The molecule has 3 aromatic carbocycles. The minimum Gasteiger partial charge on any atom is -0.291 e. The number of halogens is 3. The van der Waals surface area contributed by atoms with Crippen molar-refractivity contribution in [1.29, 1.82) is 0 Å². The summed E-state index contributed by atoms with van der Waals surface area (Å²) in [6.07, 6.45) is 0. The predicted octanol–water partition coefficient (Wildman–Crippen LogP) is 6.72. The number of benzene rings is 3. The third-order valence-electron chi connectivity index (χ3n) is 4.90. The molecule has 0 spiro atoms. The first-order valence-corrected chi connectivity index (χ1v) is 12.5. The Morgan fingerprint density at radius 1 is 0.882 bits per heavy atom. The number of amides is 2. The summed E-state index contributed by atoms with van der Waals surface area (Å²) >= 11 is 22.1. The molecule has 10 heteroatoms. The average Bonchev–Trinajstić information content (AvgIpc) is 3.14. The van der Waals surface area contributed by atoms with Crippen molar-refractivity contribution < 1.29 is 14.4 Å². The Morgan fingerprint density at radius 3 is 2.03 bits per heavy atom. The summed E-state index contributed by atoms with van der Waals surface area (Å²) in [5.74, 6) is -1.64. The lowest BCUT2D eigenvalue weighted by Crippen LogP contribution is -2.45. The Hall–Kier alpha value is -2.36. The number of aliphatic imine (C=N–C) groups is 1. The highest BCUT2D eigenvalue weighted by atomic mass is 79.9. The van der Waals surface area contributed by atoms with E-state index in [0.717, 1.165) is 21.1 Å². The topological polar surface area (TPSA) is 66.8 Å². The smallest absolute Gasteiger partial charge is 0.279 e. The van der Waals surface area contributed by atoms with Crippen LogP contribution in [0.15, 0.2) is 82.3 Å². The van der Waals surface area contributed by atoms with E-state index in [9.17, 15) is 14.4 Å². The van der Waals surface area contributed by atoms with E-state index >= 15 is 0 Å². The van der Waals surface area contributed by atoms with Crippen molar-refractivity contribution in [2.24, 2.45) is 4.99 Å². The number of nitrogens with zero attached hydrogens (tertiary/aromatic N) is 2. The number of hydrogen-bond donors (Lipinski definition) is 0. The van der Waals surface area contributed by atoms with Gasteiger partial charge in [-0.15, -0.1) is 0 Å². The van der Waals surface area contributed by atoms with Gasteiger partial charge in [-0.2, -0.15) is 0 Å². The summed E-state index contributed by atoms with van der Waals surface area (Å²) in [5, 5.41) is 0.526. The summed E-state index contributed by atoms with van der Waals surface area (Å²) in [6.45, 7) is 0. The molecule has 1 heterocycles. The minimum atomic E-state index is -1.23. The lowest BCUT2D eigenvalue weighted by molar-refractivity contribution is 0.0777.